The number of likely N-dealkylation sites (N-methyl/N-ethyl adjacent to an activating group) is 1. The number of carbonyl (C=O) groups is 1. The summed E-state index contributed by atoms with van der Waals surface area (Å²) < 4.78 is 91.0. The van der Waals surface area contributed by atoms with E-state index in [1.54, 1.807) is 0 Å². The molecule has 1 unspecified atom stereocenters. The van der Waals surface area contributed by atoms with Crippen molar-refractivity contribution in [3.63, 3.8) is 0 Å². The van der Waals surface area contributed by atoms with Crippen LogP contribution in [0.5, 0.6) is 0 Å². The molecule has 0 fully saturated rings. The Balaban J connectivity index is 4.28. The molecule has 0 rings (SSSR count). The maximum absolute atomic E-state index is 12.0. The van der Waals surface area contributed by atoms with Crippen LogP contribution in [-0.4, -0.2) is 69.0 Å². The number of phosphoric ester groups is 1. The minimum Gasteiger partial charge on any atom is -0.756 e. The highest BCUT2D eigenvalue weighted by Gasteiger charge is 2.16. The number of rotatable bonds is 23. The van der Waals surface area contributed by atoms with Gasteiger partial charge in [0.25, 0.3) is 7.82 Å². The smallest absolute Gasteiger partial charge is 0.306 e. The fourth-order valence-corrected chi connectivity index (χ4v) is 3.39. The number of quaternary nitrogens is 1. The first-order chi connectivity index (χ1) is 22.3. The van der Waals surface area contributed by atoms with Gasteiger partial charge in [-0.3, -0.25) is 9.36 Å². The maximum Gasteiger partial charge on any atom is 0.306 e. The summed E-state index contributed by atoms with van der Waals surface area (Å²) in [6, 6.07) is 0. The van der Waals surface area contributed by atoms with Crippen LogP contribution in [0.25, 0.3) is 0 Å². The molecular weight excluding hydrogens is 517 g/mol. The Morgan fingerprint density at radius 1 is 0.846 bits per heavy atom. The van der Waals surface area contributed by atoms with E-state index < -0.39 is 71.7 Å². The van der Waals surface area contributed by atoms with Crippen LogP contribution in [0.1, 0.15) is 70.6 Å². The molecule has 9 heteroatoms. The lowest BCUT2D eigenvalue weighted by Gasteiger charge is -2.27. The van der Waals surface area contributed by atoms with Gasteiger partial charge in [-0.15, -0.1) is 0 Å². The number of ether oxygens (including phenoxy) is 1. The predicted molar refractivity (Wildman–Crippen MR) is 157 cm³/mol. The third-order valence-electron chi connectivity index (χ3n) is 4.65. The second-order valence-corrected chi connectivity index (χ2v) is 9.81. The molecule has 0 amide bonds. The lowest BCUT2D eigenvalue weighted by atomic mass is 10.2. The fraction of sp³-hybridized carbons (Fsp3) is 0.567. The SMILES string of the molecule is [2H]C([2H])([2H])[N+](CCOP(=O)([O-])OC[C@H](O)COC(=O)CC/C=C\C/C=C\C/C=C\C/C=C\C/C=C\C/C=C\CC)(C([2H])([2H])[2H])C([2H])([2H])[2H]. The molecule has 0 aliphatic heterocycles. The molecule has 0 bridgehead atoms. The normalized spacial score (nSPS) is 19.9. The summed E-state index contributed by atoms with van der Waals surface area (Å²) in [7, 11) is -5.22. The van der Waals surface area contributed by atoms with Crippen LogP contribution >= 0.6 is 7.82 Å². The number of hydrogen-bond acceptors (Lipinski definition) is 7. The number of aliphatic hydroxyl groups excluding tert-OH is 1. The first-order valence-corrected chi connectivity index (χ1v) is 14.5. The van der Waals surface area contributed by atoms with Crippen LogP contribution in [0, 0.1) is 0 Å². The van der Waals surface area contributed by atoms with Gasteiger partial charge in [0.1, 0.15) is 25.9 Å². The number of aliphatic hydroxyl groups is 1. The van der Waals surface area contributed by atoms with E-state index in [-0.39, 0.29) is 6.42 Å². The van der Waals surface area contributed by atoms with Crippen molar-refractivity contribution >= 4 is 13.8 Å². The van der Waals surface area contributed by atoms with Crippen LogP contribution in [-0.2, 0) is 23.1 Å². The molecule has 8 nitrogen and oxygen atoms in total. The highest BCUT2D eigenvalue weighted by atomic mass is 31.2. The maximum atomic E-state index is 12.0. The van der Waals surface area contributed by atoms with E-state index in [1.165, 1.54) is 0 Å². The molecule has 0 aliphatic carbocycles. The first kappa shape index (κ1) is 23.6. The van der Waals surface area contributed by atoms with Crippen molar-refractivity contribution in [1.82, 2.24) is 0 Å². The molecule has 0 spiro atoms. The Labute approximate surface area is 248 Å². The van der Waals surface area contributed by atoms with E-state index in [2.05, 4.69) is 64.6 Å². The van der Waals surface area contributed by atoms with Crippen LogP contribution in [0.2, 0.25) is 0 Å². The van der Waals surface area contributed by atoms with Crippen molar-refractivity contribution < 1.29 is 50.0 Å². The quantitative estimate of drug-likeness (QED) is 0.0733. The number of hydrogen-bond donors (Lipinski definition) is 1. The van der Waals surface area contributed by atoms with Gasteiger partial charge in [-0.25, -0.2) is 0 Å². The first-order valence-electron chi connectivity index (χ1n) is 17.5. The van der Waals surface area contributed by atoms with Gasteiger partial charge in [-0.1, -0.05) is 79.8 Å². The van der Waals surface area contributed by atoms with Gasteiger partial charge in [-0.2, -0.15) is 0 Å². The summed E-state index contributed by atoms with van der Waals surface area (Å²) in [5, 5.41) is 9.89. The van der Waals surface area contributed by atoms with Crippen molar-refractivity contribution in [2.24, 2.45) is 0 Å². The van der Waals surface area contributed by atoms with Gasteiger partial charge in [0.2, 0.25) is 0 Å². The molecule has 39 heavy (non-hydrogen) atoms. The number of carbonyl (C=O) groups excluding carboxylic acids is 1. The van der Waals surface area contributed by atoms with E-state index in [4.69, 9.17) is 17.1 Å². The molecule has 0 saturated carbocycles. The van der Waals surface area contributed by atoms with E-state index in [0.717, 1.165) is 32.1 Å². The fourth-order valence-electron chi connectivity index (χ4n) is 2.65. The molecule has 222 valence electrons. The van der Waals surface area contributed by atoms with Gasteiger partial charge >= 0.3 is 5.97 Å². The van der Waals surface area contributed by atoms with Crippen molar-refractivity contribution in [3.8, 4) is 0 Å². The van der Waals surface area contributed by atoms with Gasteiger partial charge in [-0.05, 0) is 44.9 Å². The molecule has 1 N–H and O–H groups in total. The molecule has 2 atom stereocenters. The van der Waals surface area contributed by atoms with Crippen molar-refractivity contribution in [1.29, 1.82) is 0 Å². The highest BCUT2D eigenvalue weighted by Crippen LogP contribution is 2.38. The summed E-state index contributed by atoms with van der Waals surface area (Å²) in [6.45, 7) is -12.5. The summed E-state index contributed by atoms with van der Waals surface area (Å²) in [5.74, 6) is -0.636. The van der Waals surface area contributed by atoms with Crippen molar-refractivity contribution in [2.75, 3.05) is 47.3 Å². The summed E-state index contributed by atoms with van der Waals surface area (Å²) >= 11 is 0. The van der Waals surface area contributed by atoms with E-state index in [1.807, 2.05) is 24.3 Å². The van der Waals surface area contributed by atoms with Gasteiger partial charge < -0.3 is 28.3 Å². The standard InChI is InChI=1S/C30H50NO7P/c1-5-6-7-8-9-10-11-12-13-14-15-16-17-18-19-20-21-22-23-24-30(33)36-27-29(32)28-38-39(34,35)37-26-25-31(2,3)4/h6-7,9-10,12-13,15-16,18-19,21-22,29,32H,5,8,11,14,17,20,23-28H2,1-4H3/b7-6-,10-9-,13-12-,16-15-,19-18-,22-21-/t29-/m1/s1/i2D3,3D3,4D3. The number of allylic oxidation sites excluding steroid dienone is 12. The highest BCUT2D eigenvalue weighted by molar-refractivity contribution is 7.45. The summed E-state index contributed by atoms with van der Waals surface area (Å²) in [4.78, 5) is 23.9. The zero-order valence-electron chi connectivity index (χ0n) is 31.8. The minimum atomic E-state index is -5.22. The van der Waals surface area contributed by atoms with Crippen LogP contribution in [0.4, 0.5) is 0 Å². The molecule has 0 aromatic carbocycles. The Hall–Kier alpha value is -2.06. The Kier molecular flexibility index (Phi) is 14.4. The Morgan fingerprint density at radius 2 is 1.33 bits per heavy atom. The number of phosphoric acid groups is 1. The molecule has 0 heterocycles. The minimum absolute atomic E-state index is 0.0232. The topological polar surface area (TPSA) is 105 Å². The Morgan fingerprint density at radius 3 is 1.82 bits per heavy atom. The molecule has 0 radical (unpaired) electrons. The summed E-state index contributed by atoms with van der Waals surface area (Å²) in [6.07, 6.45) is 29.0. The third kappa shape index (κ3) is 28.8. The monoisotopic (exact) mass is 576 g/mol. The van der Waals surface area contributed by atoms with E-state index >= 15 is 0 Å². The van der Waals surface area contributed by atoms with Gasteiger partial charge in [0.15, 0.2) is 0 Å². The second-order valence-electron chi connectivity index (χ2n) is 8.40. The summed E-state index contributed by atoms with van der Waals surface area (Å²) in [5.41, 5.74) is 0. The van der Waals surface area contributed by atoms with Crippen LogP contribution in [0.3, 0.4) is 0 Å². The van der Waals surface area contributed by atoms with Crippen molar-refractivity contribution in [3.05, 3.63) is 72.9 Å². The zero-order valence-corrected chi connectivity index (χ0v) is 23.7. The molecular formula is C30H50NO7P. The zero-order chi connectivity index (χ0) is 36.7. The third-order valence-corrected chi connectivity index (χ3v) is 5.61. The Bertz CT molecular complexity index is 1110. The average Bonchev–Trinajstić information content (AvgIpc) is 2.96. The average molecular weight is 577 g/mol. The van der Waals surface area contributed by atoms with Crippen LogP contribution < -0.4 is 4.89 Å². The molecule has 0 saturated heterocycles. The van der Waals surface area contributed by atoms with E-state index in [9.17, 15) is 19.4 Å². The van der Waals surface area contributed by atoms with E-state index in [0.29, 0.717) is 12.8 Å². The lowest BCUT2D eigenvalue weighted by Crippen LogP contribution is -2.37. The largest absolute Gasteiger partial charge is 0.756 e. The number of esters is 1. The predicted octanol–water partition coefficient (Wildman–Crippen LogP) is 5.58. The molecule has 0 aromatic heterocycles. The molecule has 0 aromatic rings. The van der Waals surface area contributed by atoms with Crippen molar-refractivity contribution in [2.45, 2.75) is 64.4 Å². The number of nitrogens with zero attached hydrogens (tertiary/aromatic N) is 1. The van der Waals surface area contributed by atoms with Crippen LogP contribution in [0.15, 0.2) is 72.9 Å². The van der Waals surface area contributed by atoms with Gasteiger partial charge in [0, 0.05) is 6.42 Å². The second kappa shape index (κ2) is 23.8. The molecule has 0 aliphatic rings. The van der Waals surface area contributed by atoms with Gasteiger partial charge in [0.05, 0.1) is 39.9 Å². The lowest BCUT2D eigenvalue weighted by molar-refractivity contribution is -0.870.